The molecule has 1 N–H and O–H groups in total. The fourth-order valence-electron chi connectivity index (χ4n) is 2.36. The van der Waals surface area contributed by atoms with Gasteiger partial charge in [0, 0.05) is 11.1 Å². The third kappa shape index (κ3) is 3.45. The molecule has 1 aromatic carbocycles. The largest absolute Gasteiger partial charge is 0.497 e. The predicted molar refractivity (Wildman–Crippen MR) is 93.2 cm³/mol. The second-order valence-corrected chi connectivity index (χ2v) is 5.28. The highest BCUT2D eigenvalue weighted by atomic mass is 16.5. The van der Waals surface area contributed by atoms with Gasteiger partial charge in [-0.15, -0.1) is 0 Å². The highest BCUT2D eigenvalue weighted by molar-refractivity contribution is 5.85. The van der Waals surface area contributed by atoms with Gasteiger partial charge in [-0.05, 0) is 55.8 Å². The average Bonchev–Trinajstić information content (AvgIpc) is 2.55. The smallest absolute Gasteiger partial charge is 0.147 e. The molecule has 0 amide bonds. The van der Waals surface area contributed by atoms with Crippen molar-refractivity contribution in [3.05, 3.63) is 59.4 Å². The van der Waals surface area contributed by atoms with Gasteiger partial charge in [-0.3, -0.25) is 10.4 Å². The maximum absolute atomic E-state index is 5.26. The number of ether oxygens (including phenoxy) is 1. The monoisotopic (exact) mass is 306 g/mol. The number of aromatic nitrogens is 2. The first-order valence-corrected chi connectivity index (χ1v) is 7.34. The zero-order chi connectivity index (χ0) is 16.2. The highest BCUT2D eigenvalue weighted by Gasteiger charge is 2.04. The van der Waals surface area contributed by atoms with Crippen LogP contribution in [-0.2, 0) is 0 Å². The topological polar surface area (TPSA) is 59.4 Å². The van der Waals surface area contributed by atoms with Crippen molar-refractivity contribution in [2.75, 3.05) is 12.5 Å². The van der Waals surface area contributed by atoms with Crippen molar-refractivity contribution in [2.45, 2.75) is 13.8 Å². The number of hydrogen-bond acceptors (Lipinski definition) is 5. The van der Waals surface area contributed by atoms with Crippen molar-refractivity contribution in [3.63, 3.8) is 0 Å². The molecule has 0 aliphatic heterocycles. The number of methoxy groups -OCH3 is 1. The maximum atomic E-state index is 5.26. The van der Waals surface area contributed by atoms with Gasteiger partial charge < -0.3 is 4.74 Å². The van der Waals surface area contributed by atoms with Crippen molar-refractivity contribution in [2.24, 2.45) is 5.10 Å². The number of benzene rings is 1. The first-order valence-electron chi connectivity index (χ1n) is 7.34. The molecule has 116 valence electrons. The normalized spacial score (nSPS) is 11.1. The van der Waals surface area contributed by atoms with Crippen LogP contribution >= 0.6 is 0 Å². The van der Waals surface area contributed by atoms with E-state index in [1.807, 2.05) is 56.3 Å². The van der Waals surface area contributed by atoms with Gasteiger partial charge in [-0.25, -0.2) is 4.98 Å². The van der Waals surface area contributed by atoms with Crippen LogP contribution in [0.1, 0.15) is 17.0 Å². The molecule has 23 heavy (non-hydrogen) atoms. The Morgan fingerprint density at radius 3 is 2.74 bits per heavy atom. The number of hydrazone groups is 1. The molecule has 3 aromatic rings. The molecule has 0 bridgehead atoms. The molecule has 0 aliphatic rings. The summed E-state index contributed by atoms with van der Waals surface area (Å²) in [6.45, 7) is 3.99. The summed E-state index contributed by atoms with van der Waals surface area (Å²) in [6.07, 6.45) is 1.68. The van der Waals surface area contributed by atoms with Gasteiger partial charge in [0.15, 0.2) is 0 Å². The van der Waals surface area contributed by atoms with E-state index in [1.165, 1.54) is 0 Å². The SMILES string of the molecule is COc1ccc2nc(NN=Cc3cccc(C)n3)cc(C)c2c1. The number of aryl methyl sites for hydroxylation is 2. The van der Waals surface area contributed by atoms with Gasteiger partial charge in [0.1, 0.15) is 11.6 Å². The van der Waals surface area contributed by atoms with Crippen molar-refractivity contribution >= 4 is 22.9 Å². The van der Waals surface area contributed by atoms with Crippen molar-refractivity contribution < 1.29 is 4.74 Å². The van der Waals surface area contributed by atoms with Crippen LogP contribution in [-0.4, -0.2) is 23.3 Å². The van der Waals surface area contributed by atoms with Crippen molar-refractivity contribution in [1.82, 2.24) is 9.97 Å². The van der Waals surface area contributed by atoms with Crippen LogP contribution in [0.25, 0.3) is 10.9 Å². The summed E-state index contributed by atoms with van der Waals surface area (Å²) in [5.41, 5.74) is 6.74. The molecule has 2 aromatic heterocycles. The Morgan fingerprint density at radius 2 is 1.96 bits per heavy atom. The van der Waals surface area contributed by atoms with Gasteiger partial charge in [-0.2, -0.15) is 5.10 Å². The van der Waals surface area contributed by atoms with Gasteiger partial charge in [0.05, 0.1) is 24.5 Å². The Kier molecular flexibility index (Phi) is 4.19. The standard InChI is InChI=1S/C18H18N4O/c1-12-9-18(21-17-8-7-15(23-3)10-16(12)17)22-19-11-14-6-4-5-13(2)20-14/h4-11H,1-3H3,(H,21,22). The Morgan fingerprint density at radius 1 is 1.09 bits per heavy atom. The lowest BCUT2D eigenvalue weighted by Crippen LogP contribution is -1.97. The molecule has 2 heterocycles. The van der Waals surface area contributed by atoms with E-state index in [-0.39, 0.29) is 0 Å². The number of anilines is 1. The zero-order valence-electron chi connectivity index (χ0n) is 13.4. The van der Waals surface area contributed by atoms with Gasteiger partial charge in [0.25, 0.3) is 0 Å². The fourth-order valence-corrected chi connectivity index (χ4v) is 2.36. The molecule has 0 saturated heterocycles. The van der Waals surface area contributed by atoms with E-state index in [0.29, 0.717) is 5.82 Å². The van der Waals surface area contributed by atoms with Crippen LogP contribution in [0, 0.1) is 13.8 Å². The van der Waals surface area contributed by atoms with Crippen LogP contribution in [0.3, 0.4) is 0 Å². The lowest BCUT2D eigenvalue weighted by atomic mass is 10.1. The quantitative estimate of drug-likeness (QED) is 0.590. The van der Waals surface area contributed by atoms with E-state index >= 15 is 0 Å². The van der Waals surface area contributed by atoms with E-state index in [0.717, 1.165) is 33.6 Å². The molecule has 0 radical (unpaired) electrons. The fraction of sp³-hybridized carbons (Fsp3) is 0.167. The number of pyridine rings is 2. The molecule has 0 fully saturated rings. The third-order valence-corrected chi connectivity index (χ3v) is 3.51. The van der Waals surface area contributed by atoms with E-state index in [4.69, 9.17) is 4.74 Å². The van der Waals surface area contributed by atoms with Gasteiger partial charge in [-0.1, -0.05) is 6.07 Å². The van der Waals surface area contributed by atoms with Crippen LogP contribution in [0.2, 0.25) is 0 Å². The molecular weight excluding hydrogens is 288 g/mol. The summed E-state index contributed by atoms with van der Waals surface area (Å²) in [6, 6.07) is 13.6. The summed E-state index contributed by atoms with van der Waals surface area (Å²) >= 11 is 0. The molecule has 0 aliphatic carbocycles. The van der Waals surface area contributed by atoms with Crippen LogP contribution in [0.4, 0.5) is 5.82 Å². The Bertz CT molecular complexity index is 874. The van der Waals surface area contributed by atoms with Crippen LogP contribution in [0.15, 0.2) is 47.6 Å². The second kappa shape index (κ2) is 6.44. The maximum Gasteiger partial charge on any atom is 0.147 e. The first-order chi connectivity index (χ1) is 11.2. The van der Waals surface area contributed by atoms with E-state index in [9.17, 15) is 0 Å². The predicted octanol–water partition coefficient (Wildman–Crippen LogP) is 3.70. The summed E-state index contributed by atoms with van der Waals surface area (Å²) < 4.78 is 5.26. The average molecular weight is 306 g/mol. The van der Waals surface area contributed by atoms with Crippen LogP contribution in [0.5, 0.6) is 5.75 Å². The molecular formula is C18H18N4O. The van der Waals surface area contributed by atoms with Gasteiger partial charge >= 0.3 is 0 Å². The summed E-state index contributed by atoms with van der Waals surface area (Å²) in [5, 5.41) is 5.28. The highest BCUT2D eigenvalue weighted by Crippen LogP contribution is 2.24. The summed E-state index contributed by atoms with van der Waals surface area (Å²) in [7, 11) is 1.66. The lowest BCUT2D eigenvalue weighted by Gasteiger charge is -2.07. The minimum absolute atomic E-state index is 0.698. The Labute approximate surface area is 135 Å². The first kappa shape index (κ1) is 15.0. The van der Waals surface area contributed by atoms with E-state index in [1.54, 1.807) is 13.3 Å². The number of rotatable bonds is 4. The molecule has 0 saturated carbocycles. The van der Waals surface area contributed by atoms with E-state index in [2.05, 4.69) is 20.5 Å². The number of hydrogen-bond donors (Lipinski definition) is 1. The molecule has 5 nitrogen and oxygen atoms in total. The van der Waals surface area contributed by atoms with Crippen molar-refractivity contribution in [3.8, 4) is 5.75 Å². The second-order valence-electron chi connectivity index (χ2n) is 5.28. The molecule has 3 rings (SSSR count). The minimum Gasteiger partial charge on any atom is -0.497 e. The van der Waals surface area contributed by atoms with Crippen LogP contribution < -0.4 is 10.2 Å². The summed E-state index contributed by atoms with van der Waals surface area (Å²) in [4.78, 5) is 8.93. The zero-order valence-corrected chi connectivity index (χ0v) is 13.4. The number of fused-ring (bicyclic) bond motifs is 1. The molecule has 0 unspecified atom stereocenters. The summed E-state index contributed by atoms with van der Waals surface area (Å²) in [5.74, 6) is 1.52. The Balaban J connectivity index is 1.83. The minimum atomic E-state index is 0.698. The Hall–Kier alpha value is -2.95. The van der Waals surface area contributed by atoms with Crippen molar-refractivity contribution in [1.29, 1.82) is 0 Å². The van der Waals surface area contributed by atoms with E-state index < -0.39 is 0 Å². The molecule has 5 heteroatoms. The molecule has 0 spiro atoms. The molecule has 0 atom stereocenters. The lowest BCUT2D eigenvalue weighted by molar-refractivity contribution is 0.415. The van der Waals surface area contributed by atoms with Gasteiger partial charge in [0.2, 0.25) is 0 Å². The number of nitrogens with one attached hydrogen (secondary N) is 1. The number of nitrogens with zero attached hydrogens (tertiary/aromatic N) is 3. The third-order valence-electron chi connectivity index (χ3n) is 3.51.